The van der Waals surface area contributed by atoms with E-state index in [1.165, 1.54) is 19.6 Å². The summed E-state index contributed by atoms with van der Waals surface area (Å²) in [6, 6.07) is 1.56. The summed E-state index contributed by atoms with van der Waals surface area (Å²) in [5.74, 6) is -1.02. The molecule has 0 aliphatic rings. The Morgan fingerprint density at radius 1 is 1.82 bits per heavy atom. The largest absolute Gasteiger partial charge is 0.479 e. The van der Waals surface area contributed by atoms with Crippen LogP contribution in [0.15, 0.2) is 23.0 Å². The average molecular weight is 156 g/mol. The monoisotopic (exact) mass is 156 g/mol. The van der Waals surface area contributed by atoms with Crippen molar-refractivity contribution in [2.24, 2.45) is 0 Å². The lowest BCUT2D eigenvalue weighted by atomic mass is 10.2. The van der Waals surface area contributed by atoms with E-state index in [2.05, 4.69) is 0 Å². The van der Waals surface area contributed by atoms with Crippen LogP contribution in [0.3, 0.4) is 0 Å². The van der Waals surface area contributed by atoms with Crippen molar-refractivity contribution in [3.63, 3.8) is 0 Å². The molecule has 1 unspecified atom stereocenters. The van der Waals surface area contributed by atoms with Gasteiger partial charge in [0.25, 0.3) is 0 Å². The van der Waals surface area contributed by atoms with E-state index in [1.807, 2.05) is 0 Å². The number of rotatable bonds is 3. The number of carboxylic acid groups (broad SMARTS) is 1. The van der Waals surface area contributed by atoms with E-state index in [4.69, 9.17) is 14.3 Å². The molecule has 4 heteroatoms. The van der Waals surface area contributed by atoms with Gasteiger partial charge in [-0.05, 0) is 6.07 Å². The summed E-state index contributed by atoms with van der Waals surface area (Å²) in [7, 11) is 1.34. The first kappa shape index (κ1) is 7.81. The molecule has 1 aromatic heterocycles. The van der Waals surface area contributed by atoms with Gasteiger partial charge in [0.1, 0.15) is 0 Å². The second-order valence-corrected chi connectivity index (χ2v) is 2.01. The molecule has 1 N–H and O–H groups in total. The van der Waals surface area contributed by atoms with E-state index in [-0.39, 0.29) is 0 Å². The Morgan fingerprint density at radius 3 is 2.91 bits per heavy atom. The smallest absolute Gasteiger partial charge is 0.337 e. The van der Waals surface area contributed by atoms with Crippen molar-refractivity contribution >= 4 is 5.97 Å². The number of hydrogen-bond donors (Lipinski definition) is 1. The maximum absolute atomic E-state index is 10.5. The van der Waals surface area contributed by atoms with Gasteiger partial charge in [-0.15, -0.1) is 0 Å². The second-order valence-electron chi connectivity index (χ2n) is 2.01. The van der Waals surface area contributed by atoms with Crippen LogP contribution in [-0.2, 0) is 9.53 Å². The zero-order valence-electron chi connectivity index (χ0n) is 5.98. The Bertz CT molecular complexity index is 227. The minimum Gasteiger partial charge on any atom is -0.479 e. The fourth-order valence-electron chi connectivity index (χ4n) is 0.804. The standard InChI is InChI=1S/C7H8O4/c1-10-6(7(8)9)5-2-3-11-4-5/h2-4,6H,1H3,(H,8,9). The van der Waals surface area contributed by atoms with Crippen molar-refractivity contribution in [1.29, 1.82) is 0 Å². The summed E-state index contributed by atoms with van der Waals surface area (Å²) >= 11 is 0. The van der Waals surface area contributed by atoms with Crippen LogP contribution in [0.25, 0.3) is 0 Å². The van der Waals surface area contributed by atoms with Gasteiger partial charge in [0.2, 0.25) is 0 Å². The third-order valence-corrected chi connectivity index (χ3v) is 1.31. The zero-order valence-corrected chi connectivity index (χ0v) is 5.98. The number of methoxy groups -OCH3 is 1. The Hall–Kier alpha value is -1.29. The van der Waals surface area contributed by atoms with Crippen LogP contribution in [0.4, 0.5) is 0 Å². The Balaban J connectivity index is 2.79. The number of aliphatic carboxylic acids is 1. The third-order valence-electron chi connectivity index (χ3n) is 1.31. The van der Waals surface area contributed by atoms with Crippen LogP contribution >= 0.6 is 0 Å². The van der Waals surface area contributed by atoms with E-state index in [0.717, 1.165) is 0 Å². The number of furan rings is 1. The van der Waals surface area contributed by atoms with Crippen LogP contribution in [0, 0.1) is 0 Å². The fraction of sp³-hybridized carbons (Fsp3) is 0.286. The fourth-order valence-corrected chi connectivity index (χ4v) is 0.804. The third kappa shape index (κ3) is 1.59. The molecule has 1 aromatic rings. The summed E-state index contributed by atoms with van der Waals surface area (Å²) < 4.78 is 9.40. The van der Waals surface area contributed by atoms with Crippen LogP contribution in [0.5, 0.6) is 0 Å². The van der Waals surface area contributed by atoms with E-state index < -0.39 is 12.1 Å². The lowest BCUT2D eigenvalue weighted by molar-refractivity contribution is -0.148. The molecular weight excluding hydrogens is 148 g/mol. The highest BCUT2D eigenvalue weighted by molar-refractivity contribution is 5.74. The van der Waals surface area contributed by atoms with Gasteiger partial charge >= 0.3 is 5.97 Å². The van der Waals surface area contributed by atoms with Gasteiger partial charge in [0, 0.05) is 12.7 Å². The van der Waals surface area contributed by atoms with Crippen LogP contribution in [-0.4, -0.2) is 18.2 Å². The zero-order chi connectivity index (χ0) is 8.27. The van der Waals surface area contributed by atoms with Crippen molar-refractivity contribution in [2.75, 3.05) is 7.11 Å². The summed E-state index contributed by atoms with van der Waals surface area (Å²) in [6.07, 6.45) is 1.83. The van der Waals surface area contributed by atoms with Crippen molar-refractivity contribution < 1.29 is 19.1 Å². The van der Waals surface area contributed by atoms with Crippen LogP contribution in [0.2, 0.25) is 0 Å². The van der Waals surface area contributed by atoms with Crippen LogP contribution < -0.4 is 0 Å². The van der Waals surface area contributed by atoms with Gasteiger partial charge in [-0.25, -0.2) is 4.79 Å². The Kier molecular flexibility index (Phi) is 2.28. The van der Waals surface area contributed by atoms with E-state index in [0.29, 0.717) is 5.56 Å². The van der Waals surface area contributed by atoms with Crippen molar-refractivity contribution in [3.05, 3.63) is 24.2 Å². The summed E-state index contributed by atoms with van der Waals surface area (Å²) in [4.78, 5) is 10.5. The van der Waals surface area contributed by atoms with Gasteiger partial charge < -0.3 is 14.3 Å². The quantitative estimate of drug-likeness (QED) is 0.710. The Morgan fingerprint density at radius 2 is 2.55 bits per heavy atom. The van der Waals surface area contributed by atoms with E-state index in [9.17, 15) is 4.79 Å². The first-order valence-corrected chi connectivity index (χ1v) is 3.03. The molecule has 11 heavy (non-hydrogen) atoms. The SMILES string of the molecule is COC(C(=O)O)c1ccoc1. The summed E-state index contributed by atoms with van der Waals surface area (Å²) in [5, 5.41) is 8.58. The van der Waals surface area contributed by atoms with Crippen molar-refractivity contribution in [3.8, 4) is 0 Å². The minimum absolute atomic E-state index is 0.514. The molecule has 60 valence electrons. The predicted molar refractivity (Wildman–Crippen MR) is 36.1 cm³/mol. The number of ether oxygens (including phenoxy) is 1. The molecule has 0 aromatic carbocycles. The molecule has 0 radical (unpaired) electrons. The minimum atomic E-state index is -1.02. The van der Waals surface area contributed by atoms with E-state index >= 15 is 0 Å². The molecule has 0 aliphatic heterocycles. The molecule has 4 nitrogen and oxygen atoms in total. The number of hydrogen-bond acceptors (Lipinski definition) is 3. The van der Waals surface area contributed by atoms with Gasteiger partial charge in [-0.3, -0.25) is 0 Å². The van der Waals surface area contributed by atoms with Crippen molar-refractivity contribution in [2.45, 2.75) is 6.10 Å². The summed E-state index contributed by atoms with van der Waals surface area (Å²) in [6.45, 7) is 0. The molecule has 0 saturated carbocycles. The maximum Gasteiger partial charge on any atom is 0.337 e. The molecule has 0 spiro atoms. The highest BCUT2D eigenvalue weighted by atomic mass is 16.5. The number of carbonyl (C=O) groups is 1. The van der Waals surface area contributed by atoms with Crippen molar-refractivity contribution in [1.82, 2.24) is 0 Å². The molecule has 1 atom stereocenters. The highest BCUT2D eigenvalue weighted by Crippen LogP contribution is 2.16. The lowest BCUT2D eigenvalue weighted by Gasteiger charge is -2.05. The topological polar surface area (TPSA) is 59.7 Å². The van der Waals surface area contributed by atoms with Crippen LogP contribution in [0.1, 0.15) is 11.7 Å². The summed E-state index contributed by atoms with van der Waals surface area (Å²) in [5.41, 5.74) is 0.514. The number of carboxylic acids is 1. The molecule has 1 heterocycles. The molecule has 1 rings (SSSR count). The average Bonchev–Trinajstić information content (AvgIpc) is 2.40. The van der Waals surface area contributed by atoms with Gasteiger partial charge in [-0.2, -0.15) is 0 Å². The first-order valence-electron chi connectivity index (χ1n) is 3.03. The normalized spacial score (nSPS) is 12.8. The van der Waals surface area contributed by atoms with E-state index in [1.54, 1.807) is 6.07 Å². The Labute approximate surface area is 63.4 Å². The molecule has 0 bridgehead atoms. The first-order chi connectivity index (χ1) is 5.25. The molecular formula is C7H8O4. The molecule has 0 amide bonds. The van der Waals surface area contributed by atoms with Gasteiger partial charge in [-0.1, -0.05) is 0 Å². The second kappa shape index (κ2) is 3.21. The molecule has 0 aliphatic carbocycles. The lowest BCUT2D eigenvalue weighted by Crippen LogP contribution is -2.12. The molecule has 0 saturated heterocycles. The van der Waals surface area contributed by atoms with Gasteiger partial charge in [0.15, 0.2) is 6.10 Å². The highest BCUT2D eigenvalue weighted by Gasteiger charge is 2.19. The molecule has 0 fully saturated rings. The van der Waals surface area contributed by atoms with Gasteiger partial charge in [0.05, 0.1) is 12.5 Å². The maximum atomic E-state index is 10.5. The predicted octanol–water partition coefficient (Wildman–Crippen LogP) is 1.05.